The van der Waals surface area contributed by atoms with E-state index < -0.39 is 0 Å². The van der Waals surface area contributed by atoms with Crippen LogP contribution in [0.3, 0.4) is 0 Å². The van der Waals surface area contributed by atoms with Gasteiger partial charge in [0.05, 0.1) is 4.83 Å². The van der Waals surface area contributed by atoms with E-state index in [-0.39, 0.29) is 4.83 Å². The van der Waals surface area contributed by atoms with Gasteiger partial charge in [0.25, 0.3) is 0 Å². The van der Waals surface area contributed by atoms with Crippen LogP contribution in [0.2, 0.25) is 5.02 Å². The summed E-state index contributed by atoms with van der Waals surface area (Å²) in [6, 6.07) is 13.0. The van der Waals surface area contributed by atoms with E-state index in [9.17, 15) is 0 Å². The molecule has 0 saturated heterocycles. The Hall–Kier alpha value is -0.790. The fraction of sp³-hybridized carbons (Fsp3) is 0.333. The number of alkyl halides is 1. The molecule has 2 heteroatoms. The van der Waals surface area contributed by atoms with Crippen molar-refractivity contribution in [3.8, 4) is 0 Å². The smallest absolute Gasteiger partial charge is 0.0661 e. The highest BCUT2D eigenvalue weighted by molar-refractivity contribution is 9.09. The maximum Gasteiger partial charge on any atom is 0.0661 e. The fourth-order valence-corrected chi connectivity index (χ4v) is 3.73. The molecule has 0 aliphatic heterocycles. The zero-order chi connectivity index (χ0) is 14.7. The first-order valence-electron chi connectivity index (χ1n) is 7.08. The third-order valence-corrected chi connectivity index (χ3v) is 5.02. The van der Waals surface area contributed by atoms with Gasteiger partial charge in [0.1, 0.15) is 0 Å². The lowest BCUT2D eigenvalue weighted by Crippen LogP contribution is -2.00. The molecule has 1 unspecified atom stereocenters. The predicted molar refractivity (Wildman–Crippen MR) is 92.2 cm³/mol. The van der Waals surface area contributed by atoms with Crippen LogP contribution in [0, 0.1) is 6.92 Å². The van der Waals surface area contributed by atoms with Gasteiger partial charge in [-0.25, -0.2) is 0 Å². The van der Waals surface area contributed by atoms with Crippen LogP contribution in [0.4, 0.5) is 0 Å². The van der Waals surface area contributed by atoms with Gasteiger partial charge < -0.3 is 0 Å². The number of rotatable bonds is 4. The van der Waals surface area contributed by atoms with Crippen molar-refractivity contribution in [3.63, 3.8) is 0 Å². The lowest BCUT2D eigenvalue weighted by atomic mass is 9.95. The van der Waals surface area contributed by atoms with Gasteiger partial charge in [-0.1, -0.05) is 71.7 Å². The molecule has 0 amide bonds. The minimum Gasteiger partial charge on any atom is -0.0840 e. The van der Waals surface area contributed by atoms with Crippen LogP contribution in [0.1, 0.15) is 46.5 Å². The van der Waals surface area contributed by atoms with Crippen LogP contribution >= 0.6 is 27.5 Å². The van der Waals surface area contributed by atoms with E-state index in [0.29, 0.717) is 0 Å². The van der Waals surface area contributed by atoms with Crippen LogP contribution in [0.5, 0.6) is 0 Å². The van der Waals surface area contributed by atoms with Crippen molar-refractivity contribution >= 4 is 27.5 Å². The summed E-state index contributed by atoms with van der Waals surface area (Å²) >= 11 is 10.3. The second-order valence-electron chi connectivity index (χ2n) is 5.13. The first-order chi connectivity index (χ1) is 9.56. The van der Waals surface area contributed by atoms with Gasteiger partial charge in [-0.05, 0) is 53.6 Å². The molecule has 0 radical (unpaired) electrons. The molecular weight excluding hydrogens is 332 g/mol. The zero-order valence-electron chi connectivity index (χ0n) is 12.2. The molecule has 0 saturated carbocycles. The summed E-state index contributed by atoms with van der Waals surface area (Å²) in [4.78, 5) is 0.150. The molecule has 2 aromatic carbocycles. The summed E-state index contributed by atoms with van der Waals surface area (Å²) in [5.74, 6) is 0. The van der Waals surface area contributed by atoms with Gasteiger partial charge in [-0.2, -0.15) is 0 Å². The number of hydrogen-bond acceptors (Lipinski definition) is 0. The molecule has 0 heterocycles. The van der Waals surface area contributed by atoms with E-state index in [1.165, 1.54) is 22.3 Å². The molecule has 0 N–H and O–H groups in total. The summed E-state index contributed by atoms with van der Waals surface area (Å²) in [6.07, 6.45) is 2.09. The number of hydrogen-bond donors (Lipinski definition) is 0. The minimum atomic E-state index is 0.150. The minimum absolute atomic E-state index is 0.150. The van der Waals surface area contributed by atoms with Crippen LogP contribution in [-0.4, -0.2) is 0 Å². The molecule has 20 heavy (non-hydrogen) atoms. The van der Waals surface area contributed by atoms with E-state index in [2.05, 4.69) is 67.0 Å². The Morgan fingerprint density at radius 2 is 1.75 bits per heavy atom. The predicted octanol–water partition coefficient (Wildman–Crippen LogP) is 6.26. The number of aryl methyl sites for hydroxylation is 3. The number of halogens is 2. The average Bonchev–Trinajstić information content (AvgIpc) is 2.46. The highest BCUT2D eigenvalue weighted by Gasteiger charge is 2.17. The fourth-order valence-electron chi connectivity index (χ4n) is 2.43. The van der Waals surface area contributed by atoms with E-state index in [1.54, 1.807) is 0 Å². The highest BCUT2D eigenvalue weighted by Crippen LogP contribution is 2.37. The Balaban J connectivity index is 2.48. The van der Waals surface area contributed by atoms with E-state index in [4.69, 9.17) is 11.6 Å². The number of benzene rings is 2. The Kier molecular flexibility index (Phi) is 5.29. The molecule has 1 atom stereocenters. The normalized spacial score (nSPS) is 12.4. The van der Waals surface area contributed by atoms with Crippen LogP contribution in [-0.2, 0) is 12.8 Å². The summed E-state index contributed by atoms with van der Waals surface area (Å²) < 4.78 is 0. The molecule has 0 aliphatic rings. The van der Waals surface area contributed by atoms with E-state index in [0.717, 1.165) is 23.4 Å². The molecule has 0 aromatic heterocycles. The second-order valence-corrected chi connectivity index (χ2v) is 6.45. The van der Waals surface area contributed by atoms with Crippen molar-refractivity contribution in [3.05, 3.63) is 69.2 Å². The summed E-state index contributed by atoms with van der Waals surface area (Å²) in [6.45, 7) is 6.45. The van der Waals surface area contributed by atoms with Gasteiger partial charge in [-0.3, -0.25) is 0 Å². The summed E-state index contributed by atoms with van der Waals surface area (Å²) in [7, 11) is 0. The molecule has 106 valence electrons. The van der Waals surface area contributed by atoms with Crippen molar-refractivity contribution in [2.45, 2.75) is 38.4 Å². The second kappa shape index (κ2) is 6.78. The lowest BCUT2D eigenvalue weighted by Gasteiger charge is -2.18. The van der Waals surface area contributed by atoms with Crippen LogP contribution < -0.4 is 0 Å². The molecule has 0 nitrogen and oxygen atoms in total. The molecule has 0 fully saturated rings. The maximum atomic E-state index is 6.41. The molecule has 0 bridgehead atoms. The van der Waals surface area contributed by atoms with Gasteiger partial charge in [-0.15, -0.1) is 0 Å². The van der Waals surface area contributed by atoms with Crippen molar-refractivity contribution in [1.82, 2.24) is 0 Å². The molecule has 2 aromatic rings. The van der Waals surface area contributed by atoms with Gasteiger partial charge >= 0.3 is 0 Å². The molecule has 2 rings (SSSR count). The Morgan fingerprint density at radius 3 is 2.35 bits per heavy atom. The molecule has 0 aliphatic carbocycles. The molecular formula is C18H20BrCl. The Morgan fingerprint density at radius 1 is 1.00 bits per heavy atom. The third-order valence-electron chi connectivity index (χ3n) is 3.70. The summed E-state index contributed by atoms with van der Waals surface area (Å²) in [5, 5.41) is 0.829. The quantitative estimate of drug-likeness (QED) is 0.570. The third kappa shape index (κ3) is 3.27. The Labute approximate surface area is 135 Å². The first-order valence-corrected chi connectivity index (χ1v) is 8.38. The van der Waals surface area contributed by atoms with Crippen molar-refractivity contribution < 1.29 is 0 Å². The highest BCUT2D eigenvalue weighted by atomic mass is 79.9. The van der Waals surface area contributed by atoms with E-state index >= 15 is 0 Å². The van der Waals surface area contributed by atoms with Crippen molar-refractivity contribution in [2.75, 3.05) is 0 Å². The maximum absolute atomic E-state index is 6.41. The van der Waals surface area contributed by atoms with Crippen LogP contribution in [0.15, 0.2) is 36.4 Å². The topological polar surface area (TPSA) is 0 Å². The van der Waals surface area contributed by atoms with Gasteiger partial charge in [0.2, 0.25) is 0 Å². The van der Waals surface area contributed by atoms with Gasteiger partial charge in [0.15, 0.2) is 0 Å². The molecule has 0 spiro atoms. The zero-order valence-corrected chi connectivity index (χ0v) is 14.6. The first kappa shape index (κ1) is 15.6. The largest absolute Gasteiger partial charge is 0.0840 e. The van der Waals surface area contributed by atoms with Gasteiger partial charge in [0, 0.05) is 5.02 Å². The Bertz CT molecular complexity index is 604. The van der Waals surface area contributed by atoms with Crippen molar-refractivity contribution in [1.29, 1.82) is 0 Å². The SMILES string of the molecule is CCc1ccc(CC)c(C(Br)c2ccc(C)cc2Cl)c1. The van der Waals surface area contributed by atoms with Crippen LogP contribution in [0.25, 0.3) is 0 Å². The lowest BCUT2D eigenvalue weighted by molar-refractivity contribution is 1.03. The average molecular weight is 352 g/mol. The standard InChI is InChI=1S/C18H20BrCl/c1-4-13-7-8-14(5-2)16(11-13)18(19)15-9-6-12(3)10-17(15)20/h6-11,18H,4-5H2,1-3H3. The van der Waals surface area contributed by atoms with E-state index in [1.807, 2.05) is 6.07 Å². The van der Waals surface area contributed by atoms with Crippen molar-refractivity contribution in [2.24, 2.45) is 0 Å². The summed E-state index contributed by atoms with van der Waals surface area (Å²) in [5.41, 5.74) is 6.40. The monoisotopic (exact) mass is 350 g/mol.